The van der Waals surface area contributed by atoms with E-state index in [2.05, 4.69) is 58.9 Å². The molecule has 0 atom stereocenters. The van der Waals surface area contributed by atoms with Crippen molar-refractivity contribution in [1.82, 2.24) is 9.38 Å². The van der Waals surface area contributed by atoms with Gasteiger partial charge in [-0.2, -0.15) is 11.8 Å². The minimum absolute atomic E-state index is 0.301. The summed E-state index contributed by atoms with van der Waals surface area (Å²) < 4.78 is 2.16. The van der Waals surface area contributed by atoms with E-state index >= 15 is 0 Å². The lowest BCUT2D eigenvalue weighted by atomic mass is 10.1. The Hall–Kier alpha value is -2.72. The van der Waals surface area contributed by atoms with Crippen LogP contribution >= 0.6 is 11.8 Å². The summed E-state index contributed by atoms with van der Waals surface area (Å²) in [5.74, 6) is 2.29. The molecule has 0 spiro atoms. The normalized spacial score (nSPS) is 11.1. The summed E-state index contributed by atoms with van der Waals surface area (Å²) in [6, 6.07) is 20.1. The number of thioether (sulfide) groups is 1. The zero-order valence-corrected chi connectivity index (χ0v) is 16.1. The van der Waals surface area contributed by atoms with Crippen molar-refractivity contribution in [3.63, 3.8) is 0 Å². The van der Waals surface area contributed by atoms with E-state index in [0.717, 1.165) is 40.3 Å². The van der Waals surface area contributed by atoms with Gasteiger partial charge in [0.15, 0.2) is 0 Å². The number of rotatable bonds is 6. The Bertz CT molecular complexity index is 1060. The topological polar surface area (TPSA) is 37.5 Å². The number of benzene rings is 2. The van der Waals surface area contributed by atoms with Gasteiger partial charge in [-0.05, 0) is 42.4 Å². The van der Waals surface area contributed by atoms with E-state index in [-0.39, 0.29) is 0 Å². The fraction of sp³-hybridized carbons (Fsp3) is 0.174. The molecule has 1 N–H and O–H groups in total. The SMILES string of the molecule is Cc1cc(-c2ccccc2O)cn2c(CSCCc3ccccc3)cnc12. The smallest absolute Gasteiger partial charge is 0.139 e. The Morgan fingerprint density at radius 1 is 1.04 bits per heavy atom. The maximum Gasteiger partial charge on any atom is 0.139 e. The maximum absolute atomic E-state index is 10.2. The van der Waals surface area contributed by atoms with Crippen LogP contribution in [0.25, 0.3) is 16.8 Å². The summed E-state index contributed by atoms with van der Waals surface area (Å²) in [4.78, 5) is 4.60. The second-order valence-electron chi connectivity index (χ2n) is 6.66. The molecule has 0 aliphatic carbocycles. The predicted octanol–water partition coefficient (Wildman–Crippen LogP) is 5.49. The van der Waals surface area contributed by atoms with Gasteiger partial charge in [0.25, 0.3) is 0 Å². The van der Waals surface area contributed by atoms with Crippen LogP contribution in [0.5, 0.6) is 5.75 Å². The molecule has 0 saturated carbocycles. The number of hydrogen-bond acceptors (Lipinski definition) is 3. The van der Waals surface area contributed by atoms with Gasteiger partial charge >= 0.3 is 0 Å². The number of phenolic OH excluding ortho intramolecular Hbond substituents is 1. The average molecular weight is 375 g/mol. The largest absolute Gasteiger partial charge is 0.507 e. The predicted molar refractivity (Wildman–Crippen MR) is 113 cm³/mol. The van der Waals surface area contributed by atoms with E-state index in [1.165, 1.54) is 11.3 Å². The molecule has 4 aromatic rings. The molecule has 0 bridgehead atoms. The number of imidazole rings is 1. The summed E-state index contributed by atoms with van der Waals surface area (Å²) in [6.45, 7) is 2.07. The number of aromatic hydroxyl groups is 1. The molecule has 0 saturated heterocycles. The first kappa shape index (κ1) is 17.7. The van der Waals surface area contributed by atoms with Crippen LogP contribution in [0, 0.1) is 6.92 Å². The van der Waals surface area contributed by atoms with Crippen molar-refractivity contribution < 1.29 is 5.11 Å². The maximum atomic E-state index is 10.2. The average Bonchev–Trinajstić information content (AvgIpc) is 3.10. The third-order valence-electron chi connectivity index (χ3n) is 4.71. The molecule has 2 aromatic heterocycles. The van der Waals surface area contributed by atoms with Crippen LogP contribution in [-0.4, -0.2) is 20.2 Å². The minimum atomic E-state index is 0.301. The number of fused-ring (bicyclic) bond motifs is 1. The van der Waals surface area contributed by atoms with Crippen LogP contribution in [0.2, 0.25) is 0 Å². The Morgan fingerprint density at radius 3 is 2.63 bits per heavy atom. The first-order valence-corrected chi connectivity index (χ1v) is 10.2. The lowest BCUT2D eigenvalue weighted by Crippen LogP contribution is -1.96. The molecule has 136 valence electrons. The zero-order valence-electron chi connectivity index (χ0n) is 15.3. The molecule has 0 aliphatic heterocycles. The van der Waals surface area contributed by atoms with Crippen molar-refractivity contribution in [3.05, 3.63) is 89.9 Å². The molecule has 27 heavy (non-hydrogen) atoms. The lowest BCUT2D eigenvalue weighted by Gasteiger charge is -2.09. The first-order valence-electron chi connectivity index (χ1n) is 9.09. The van der Waals surface area contributed by atoms with Gasteiger partial charge in [-0.25, -0.2) is 4.98 Å². The van der Waals surface area contributed by atoms with Crippen LogP contribution in [0.3, 0.4) is 0 Å². The second-order valence-corrected chi connectivity index (χ2v) is 7.77. The third-order valence-corrected chi connectivity index (χ3v) is 5.70. The second kappa shape index (κ2) is 7.89. The fourth-order valence-electron chi connectivity index (χ4n) is 3.29. The fourth-order valence-corrected chi connectivity index (χ4v) is 4.24. The highest BCUT2D eigenvalue weighted by Crippen LogP contribution is 2.30. The number of nitrogens with zero attached hydrogens (tertiary/aromatic N) is 2. The Kier molecular flexibility index (Phi) is 5.16. The van der Waals surface area contributed by atoms with Gasteiger partial charge in [-0.15, -0.1) is 0 Å². The van der Waals surface area contributed by atoms with Gasteiger partial charge in [0.1, 0.15) is 11.4 Å². The molecule has 4 rings (SSSR count). The molecule has 0 amide bonds. The molecule has 2 heterocycles. The van der Waals surface area contributed by atoms with Gasteiger partial charge < -0.3 is 9.51 Å². The number of phenols is 1. The first-order chi connectivity index (χ1) is 13.2. The highest BCUT2D eigenvalue weighted by molar-refractivity contribution is 7.98. The van der Waals surface area contributed by atoms with E-state index in [1.807, 2.05) is 36.2 Å². The van der Waals surface area contributed by atoms with Crippen LogP contribution in [0.4, 0.5) is 0 Å². The number of aromatic nitrogens is 2. The molecule has 0 aliphatic rings. The van der Waals surface area contributed by atoms with E-state index in [4.69, 9.17) is 0 Å². The molecule has 4 heteroatoms. The van der Waals surface area contributed by atoms with Crippen LogP contribution in [0.15, 0.2) is 73.1 Å². The number of aryl methyl sites for hydroxylation is 2. The van der Waals surface area contributed by atoms with Gasteiger partial charge in [0, 0.05) is 23.1 Å². The summed E-state index contributed by atoms with van der Waals surface area (Å²) in [5, 5.41) is 10.2. The zero-order chi connectivity index (χ0) is 18.6. The third kappa shape index (κ3) is 3.86. The van der Waals surface area contributed by atoms with Crippen molar-refractivity contribution >= 4 is 17.4 Å². The highest BCUT2D eigenvalue weighted by Gasteiger charge is 2.10. The van der Waals surface area contributed by atoms with Gasteiger partial charge in [0.05, 0.1) is 11.9 Å². The van der Waals surface area contributed by atoms with Gasteiger partial charge in [0.2, 0.25) is 0 Å². The van der Waals surface area contributed by atoms with Crippen molar-refractivity contribution in [1.29, 1.82) is 0 Å². The molecule has 2 aromatic carbocycles. The molecule has 0 fully saturated rings. The summed E-state index contributed by atoms with van der Waals surface area (Å²) in [6.07, 6.45) is 5.12. The molecule has 0 radical (unpaired) electrons. The van der Waals surface area contributed by atoms with Crippen molar-refractivity contribution in [2.45, 2.75) is 19.1 Å². The van der Waals surface area contributed by atoms with E-state index in [0.29, 0.717) is 5.75 Å². The van der Waals surface area contributed by atoms with Crippen molar-refractivity contribution in [3.8, 4) is 16.9 Å². The minimum Gasteiger partial charge on any atom is -0.507 e. The lowest BCUT2D eigenvalue weighted by molar-refractivity contribution is 0.477. The van der Waals surface area contributed by atoms with E-state index in [1.54, 1.807) is 6.07 Å². The Balaban J connectivity index is 1.54. The van der Waals surface area contributed by atoms with Crippen LogP contribution in [-0.2, 0) is 12.2 Å². The summed E-state index contributed by atoms with van der Waals surface area (Å²) in [5.41, 5.74) is 6.50. The van der Waals surface area contributed by atoms with Crippen LogP contribution < -0.4 is 0 Å². The Morgan fingerprint density at radius 2 is 1.81 bits per heavy atom. The van der Waals surface area contributed by atoms with Crippen LogP contribution in [0.1, 0.15) is 16.8 Å². The van der Waals surface area contributed by atoms with Gasteiger partial charge in [-0.3, -0.25) is 0 Å². The van der Waals surface area contributed by atoms with Crippen molar-refractivity contribution in [2.75, 3.05) is 5.75 Å². The Labute approximate surface area is 163 Å². The molecular weight excluding hydrogens is 352 g/mol. The number of hydrogen-bond donors (Lipinski definition) is 1. The highest BCUT2D eigenvalue weighted by atomic mass is 32.2. The van der Waals surface area contributed by atoms with E-state index < -0.39 is 0 Å². The standard InChI is InChI=1S/C23H22N2OS/c1-17-13-19(21-9-5-6-10-22(21)26)15-25-20(14-24-23(17)25)16-27-12-11-18-7-3-2-4-8-18/h2-10,13-15,26H,11-12,16H2,1H3. The number of para-hydroxylation sites is 1. The molecule has 3 nitrogen and oxygen atoms in total. The molecule has 0 unspecified atom stereocenters. The molecular formula is C23H22N2OS. The number of pyridine rings is 1. The monoisotopic (exact) mass is 374 g/mol. The van der Waals surface area contributed by atoms with E-state index in [9.17, 15) is 5.11 Å². The summed E-state index contributed by atoms with van der Waals surface area (Å²) >= 11 is 1.92. The van der Waals surface area contributed by atoms with Crippen molar-refractivity contribution in [2.24, 2.45) is 0 Å². The summed E-state index contributed by atoms with van der Waals surface area (Å²) in [7, 11) is 0. The quantitative estimate of drug-likeness (QED) is 0.453. The van der Waals surface area contributed by atoms with Gasteiger partial charge in [-0.1, -0.05) is 48.5 Å².